The Balaban J connectivity index is 0.000000327. The predicted octanol–water partition coefficient (Wildman–Crippen LogP) is -1.64. The molecule has 18 heavy (non-hydrogen) atoms. The summed E-state index contributed by atoms with van der Waals surface area (Å²) in [7, 11) is 0. The van der Waals surface area contributed by atoms with Gasteiger partial charge in [0.1, 0.15) is 29.8 Å². The minimum Gasteiger partial charge on any atom is -0.508 e. The average molecular weight is 260 g/mol. The first-order valence-corrected chi connectivity index (χ1v) is 5.00. The molecular formula is C11H16O7. The van der Waals surface area contributed by atoms with Crippen LogP contribution in [0.1, 0.15) is 0 Å². The summed E-state index contributed by atoms with van der Waals surface area (Å²) in [6.45, 7) is -0.688. The second-order valence-corrected chi connectivity index (χ2v) is 3.39. The van der Waals surface area contributed by atoms with Gasteiger partial charge < -0.3 is 35.4 Å². The molecule has 0 radical (unpaired) electrons. The highest BCUT2D eigenvalue weighted by Crippen LogP contribution is 2.14. The summed E-state index contributed by atoms with van der Waals surface area (Å²) in [6.07, 6.45) is -4.63. The molecule has 0 spiro atoms. The number of aldehydes is 1. The van der Waals surface area contributed by atoms with Crippen LogP contribution >= 0.6 is 0 Å². The molecular weight excluding hydrogens is 244 g/mol. The zero-order valence-corrected chi connectivity index (χ0v) is 9.42. The molecule has 7 nitrogen and oxygen atoms in total. The predicted molar refractivity (Wildman–Crippen MR) is 60.9 cm³/mol. The summed E-state index contributed by atoms with van der Waals surface area (Å²) in [5, 5.41) is 51.4. The van der Waals surface area contributed by atoms with Gasteiger partial charge in [0, 0.05) is 6.07 Å². The van der Waals surface area contributed by atoms with Crippen LogP contribution in [-0.2, 0) is 4.79 Å². The Morgan fingerprint density at radius 3 is 1.89 bits per heavy atom. The molecule has 0 aliphatic rings. The number of hydrogen-bond acceptors (Lipinski definition) is 7. The number of rotatable bonds is 4. The fourth-order valence-corrected chi connectivity index (χ4v) is 0.909. The van der Waals surface area contributed by atoms with Crippen molar-refractivity contribution in [2.75, 3.05) is 6.61 Å². The Labute approximate surface area is 103 Å². The van der Waals surface area contributed by atoms with Gasteiger partial charge in [-0.15, -0.1) is 0 Å². The molecule has 6 N–H and O–H groups in total. The normalized spacial score (nSPS) is 14.9. The zero-order valence-electron chi connectivity index (χ0n) is 9.42. The Hall–Kier alpha value is -1.67. The zero-order chi connectivity index (χ0) is 14.1. The lowest BCUT2D eigenvalue weighted by molar-refractivity contribution is -0.127. The number of aromatic hydroxyl groups is 2. The van der Waals surface area contributed by atoms with Crippen molar-refractivity contribution in [3.63, 3.8) is 0 Å². The molecule has 0 aliphatic carbocycles. The van der Waals surface area contributed by atoms with Gasteiger partial charge in [-0.2, -0.15) is 0 Å². The fourth-order valence-electron chi connectivity index (χ4n) is 0.909. The van der Waals surface area contributed by atoms with Crippen LogP contribution in [0.4, 0.5) is 0 Å². The smallest absolute Gasteiger partial charge is 0.151 e. The minimum atomic E-state index is -1.64. The Morgan fingerprint density at radius 2 is 1.61 bits per heavy atom. The van der Waals surface area contributed by atoms with Gasteiger partial charge in [-0.1, -0.05) is 6.07 Å². The first-order valence-electron chi connectivity index (χ1n) is 5.00. The third kappa shape index (κ3) is 6.16. The molecule has 102 valence electrons. The number of carbonyl (C=O) groups is 1. The maximum Gasteiger partial charge on any atom is 0.151 e. The number of phenols is 2. The summed E-state index contributed by atoms with van der Waals surface area (Å²) < 4.78 is 0. The third-order valence-corrected chi connectivity index (χ3v) is 1.90. The SMILES string of the molecule is O=C[C@@H](O)[C@H](O)[C@H](O)CO.Oc1cccc(O)c1. The molecule has 0 amide bonds. The van der Waals surface area contributed by atoms with Crippen molar-refractivity contribution >= 4 is 6.29 Å². The fraction of sp³-hybridized carbons (Fsp3) is 0.364. The maximum absolute atomic E-state index is 9.76. The molecule has 1 rings (SSSR count). The van der Waals surface area contributed by atoms with Crippen molar-refractivity contribution < 1.29 is 35.4 Å². The first kappa shape index (κ1) is 16.3. The summed E-state index contributed by atoms with van der Waals surface area (Å²) >= 11 is 0. The van der Waals surface area contributed by atoms with Crippen molar-refractivity contribution in [3.8, 4) is 11.5 Å². The van der Waals surface area contributed by atoms with Crippen molar-refractivity contribution in [1.82, 2.24) is 0 Å². The summed E-state index contributed by atoms with van der Waals surface area (Å²) in [6, 6.07) is 5.85. The molecule has 0 fully saturated rings. The number of aliphatic hydroxyl groups excluding tert-OH is 4. The van der Waals surface area contributed by atoms with Crippen LogP contribution in [-0.4, -0.2) is 61.8 Å². The summed E-state index contributed by atoms with van der Waals surface area (Å²) in [5.74, 6) is 0.176. The average Bonchev–Trinajstić information content (AvgIpc) is 2.36. The Morgan fingerprint density at radius 1 is 1.11 bits per heavy atom. The lowest BCUT2D eigenvalue weighted by Gasteiger charge is -2.16. The first-order chi connectivity index (χ1) is 8.42. The monoisotopic (exact) mass is 260 g/mol. The molecule has 3 atom stereocenters. The standard InChI is InChI=1S/C6H6O2.C5H10O5/c7-5-2-1-3-6(8)4-5;6-1-3(8)5(10)4(9)2-7/h1-4,7-8H;1,3-5,7-10H,2H2/t;3-,4-,5+/m.1/s1. The van der Waals surface area contributed by atoms with Gasteiger partial charge >= 0.3 is 0 Å². The summed E-state index contributed by atoms with van der Waals surface area (Å²) in [5.41, 5.74) is 0. The van der Waals surface area contributed by atoms with Crippen molar-refractivity contribution in [2.45, 2.75) is 18.3 Å². The lowest BCUT2D eigenvalue weighted by Crippen LogP contribution is -2.40. The molecule has 0 heterocycles. The van der Waals surface area contributed by atoms with Gasteiger partial charge in [0.05, 0.1) is 6.61 Å². The van der Waals surface area contributed by atoms with Gasteiger partial charge in [0.2, 0.25) is 0 Å². The van der Waals surface area contributed by atoms with E-state index in [1.54, 1.807) is 6.07 Å². The van der Waals surface area contributed by atoms with Crippen molar-refractivity contribution in [3.05, 3.63) is 24.3 Å². The molecule has 0 bridgehead atoms. The van der Waals surface area contributed by atoms with E-state index in [0.717, 1.165) is 0 Å². The van der Waals surface area contributed by atoms with Crippen LogP contribution in [0, 0.1) is 0 Å². The molecule has 0 saturated heterocycles. The Kier molecular flexibility index (Phi) is 7.64. The molecule has 0 unspecified atom stereocenters. The number of carbonyl (C=O) groups excluding carboxylic acids is 1. The van der Waals surface area contributed by atoms with Crippen molar-refractivity contribution in [2.24, 2.45) is 0 Å². The quantitative estimate of drug-likeness (QED) is 0.357. The molecule has 1 aromatic carbocycles. The van der Waals surface area contributed by atoms with E-state index < -0.39 is 24.9 Å². The summed E-state index contributed by atoms with van der Waals surface area (Å²) in [4.78, 5) is 9.76. The third-order valence-electron chi connectivity index (χ3n) is 1.90. The van der Waals surface area contributed by atoms with Gasteiger partial charge in [-0.3, -0.25) is 0 Å². The van der Waals surface area contributed by atoms with E-state index in [0.29, 0.717) is 0 Å². The van der Waals surface area contributed by atoms with Gasteiger partial charge in [0.15, 0.2) is 6.29 Å². The van der Waals surface area contributed by atoms with E-state index in [-0.39, 0.29) is 17.8 Å². The Bertz CT molecular complexity index is 338. The highest BCUT2D eigenvalue weighted by Gasteiger charge is 2.22. The van der Waals surface area contributed by atoms with Gasteiger partial charge in [-0.05, 0) is 12.1 Å². The highest BCUT2D eigenvalue weighted by atomic mass is 16.4. The molecule has 0 saturated carbocycles. The number of phenolic OH excluding ortho intramolecular Hbond substituents is 2. The minimum absolute atomic E-state index is 0.0869. The van der Waals surface area contributed by atoms with Crippen LogP contribution in [0.15, 0.2) is 24.3 Å². The van der Waals surface area contributed by atoms with E-state index in [2.05, 4.69) is 0 Å². The number of aliphatic hydroxyl groups is 4. The lowest BCUT2D eigenvalue weighted by atomic mass is 10.1. The van der Waals surface area contributed by atoms with Gasteiger partial charge in [-0.25, -0.2) is 0 Å². The van der Waals surface area contributed by atoms with Crippen LogP contribution in [0.5, 0.6) is 11.5 Å². The number of hydrogen-bond donors (Lipinski definition) is 6. The molecule has 1 aromatic rings. The van der Waals surface area contributed by atoms with Crippen molar-refractivity contribution in [1.29, 1.82) is 0 Å². The van der Waals surface area contributed by atoms with E-state index in [4.69, 9.17) is 30.6 Å². The highest BCUT2D eigenvalue weighted by molar-refractivity contribution is 5.56. The molecule has 7 heteroatoms. The molecule has 0 aliphatic heterocycles. The van der Waals surface area contributed by atoms with E-state index in [1.807, 2.05) is 0 Å². The second-order valence-electron chi connectivity index (χ2n) is 3.39. The number of benzene rings is 1. The van der Waals surface area contributed by atoms with E-state index in [9.17, 15) is 4.79 Å². The van der Waals surface area contributed by atoms with Crippen LogP contribution in [0.3, 0.4) is 0 Å². The topological polar surface area (TPSA) is 138 Å². The van der Waals surface area contributed by atoms with E-state index >= 15 is 0 Å². The van der Waals surface area contributed by atoms with E-state index in [1.165, 1.54) is 18.2 Å². The largest absolute Gasteiger partial charge is 0.508 e. The second kappa shape index (κ2) is 8.43. The van der Waals surface area contributed by atoms with Crippen LogP contribution in [0.2, 0.25) is 0 Å². The maximum atomic E-state index is 9.76. The molecule has 0 aromatic heterocycles. The van der Waals surface area contributed by atoms with Crippen LogP contribution < -0.4 is 0 Å². The van der Waals surface area contributed by atoms with Crippen LogP contribution in [0.25, 0.3) is 0 Å². The van der Waals surface area contributed by atoms with Gasteiger partial charge in [0.25, 0.3) is 0 Å².